The molecule has 2 nitrogen and oxygen atoms in total. The predicted molar refractivity (Wildman–Crippen MR) is 79.3 cm³/mol. The number of aromatic nitrogens is 1. The first-order valence-corrected chi connectivity index (χ1v) is 7.57. The van der Waals surface area contributed by atoms with Gasteiger partial charge in [0.25, 0.3) is 0 Å². The van der Waals surface area contributed by atoms with E-state index >= 15 is 0 Å². The van der Waals surface area contributed by atoms with Crippen molar-refractivity contribution in [3.8, 4) is 0 Å². The Kier molecular flexibility index (Phi) is 4.36. The Labute approximate surface area is 122 Å². The number of hydrogen-bond donors (Lipinski definition) is 1. The molecule has 0 saturated heterocycles. The van der Waals surface area contributed by atoms with E-state index in [1.807, 2.05) is 6.20 Å². The van der Waals surface area contributed by atoms with E-state index in [4.69, 9.17) is 5.73 Å². The Bertz CT molecular complexity index is 505. The molecule has 2 heterocycles. The molecule has 2 rings (SSSR count). The highest BCUT2D eigenvalue weighted by Crippen LogP contribution is 2.31. The molecule has 0 saturated carbocycles. The van der Waals surface area contributed by atoms with E-state index in [0.717, 1.165) is 20.2 Å². The SMILES string of the molecule is Cc1cc(C(N)Cc2cncc(Br)c2)sc1Br. The highest BCUT2D eigenvalue weighted by Gasteiger charge is 2.12. The number of halogens is 2. The minimum atomic E-state index is 0.0288. The number of pyridine rings is 1. The summed E-state index contributed by atoms with van der Waals surface area (Å²) in [5, 5.41) is 0. The van der Waals surface area contributed by atoms with Crippen molar-refractivity contribution in [2.45, 2.75) is 19.4 Å². The van der Waals surface area contributed by atoms with Crippen LogP contribution < -0.4 is 5.73 Å². The summed E-state index contributed by atoms with van der Waals surface area (Å²) < 4.78 is 2.15. The third kappa shape index (κ3) is 3.37. The molecule has 2 aromatic rings. The fourth-order valence-electron chi connectivity index (χ4n) is 1.59. The lowest BCUT2D eigenvalue weighted by Gasteiger charge is -2.09. The number of nitrogens with zero attached hydrogens (tertiary/aromatic N) is 1. The van der Waals surface area contributed by atoms with Crippen LogP contribution in [0.25, 0.3) is 0 Å². The molecule has 17 heavy (non-hydrogen) atoms. The molecular formula is C12H12Br2N2S. The summed E-state index contributed by atoms with van der Waals surface area (Å²) >= 11 is 8.65. The number of rotatable bonds is 3. The Morgan fingerprint density at radius 3 is 2.71 bits per heavy atom. The van der Waals surface area contributed by atoms with Crippen LogP contribution in [0.1, 0.15) is 22.0 Å². The largest absolute Gasteiger partial charge is 0.323 e. The molecule has 0 fully saturated rings. The van der Waals surface area contributed by atoms with Gasteiger partial charge in [-0.1, -0.05) is 0 Å². The van der Waals surface area contributed by atoms with Crippen molar-refractivity contribution in [3.05, 3.63) is 48.8 Å². The van der Waals surface area contributed by atoms with Gasteiger partial charge in [-0.15, -0.1) is 11.3 Å². The van der Waals surface area contributed by atoms with Gasteiger partial charge in [0.2, 0.25) is 0 Å². The van der Waals surface area contributed by atoms with Gasteiger partial charge in [0.05, 0.1) is 3.79 Å². The minimum Gasteiger partial charge on any atom is -0.323 e. The molecule has 2 N–H and O–H groups in total. The number of aryl methyl sites for hydroxylation is 1. The quantitative estimate of drug-likeness (QED) is 0.872. The Hall–Kier alpha value is -0.230. The first kappa shape index (κ1) is 13.2. The van der Waals surface area contributed by atoms with Crippen molar-refractivity contribution in [2.75, 3.05) is 0 Å². The van der Waals surface area contributed by atoms with Crippen molar-refractivity contribution in [1.82, 2.24) is 4.98 Å². The number of thiophene rings is 1. The average Bonchev–Trinajstić information content (AvgIpc) is 2.59. The third-order valence-electron chi connectivity index (χ3n) is 2.46. The highest BCUT2D eigenvalue weighted by atomic mass is 79.9. The van der Waals surface area contributed by atoms with Gasteiger partial charge in [-0.2, -0.15) is 0 Å². The molecule has 0 radical (unpaired) electrons. The standard InChI is InChI=1S/C12H12Br2N2S/c1-7-2-11(17-12(7)14)10(15)4-8-3-9(13)6-16-5-8/h2-3,5-6,10H,4,15H2,1H3. The Morgan fingerprint density at radius 1 is 1.35 bits per heavy atom. The van der Waals surface area contributed by atoms with E-state index in [1.54, 1.807) is 17.5 Å². The van der Waals surface area contributed by atoms with Gasteiger partial charge in [0, 0.05) is 27.8 Å². The molecule has 2 aromatic heterocycles. The zero-order valence-electron chi connectivity index (χ0n) is 9.28. The smallest absolute Gasteiger partial charge is 0.0731 e. The van der Waals surface area contributed by atoms with Crippen molar-refractivity contribution in [1.29, 1.82) is 0 Å². The zero-order valence-corrected chi connectivity index (χ0v) is 13.3. The van der Waals surface area contributed by atoms with Crippen LogP contribution in [0.4, 0.5) is 0 Å². The molecule has 0 bridgehead atoms. The van der Waals surface area contributed by atoms with Crippen LogP contribution in [-0.4, -0.2) is 4.98 Å². The Morgan fingerprint density at radius 2 is 2.12 bits per heavy atom. The third-order valence-corrected chi connectivity index (χ3v) is 5.16. The maximum atomic E-state index is 6.21. The van der Waals surface area contributed by atoms with Gasteiger partial charge in [0.15, 0.2) is 0 Å². The fourth-order valence-corrected chi connectivity index (χ4v) is 3.57. The highest BCUT2D eigenvalue weighted by molar-refractivity contribution is 9.11. The summed E-state index contributed by atoms with van der Waals surface area (Å²) in [7, 11) is 0. The second-order valence-corrected chi connectivity index (χ2v) is 7.24. The summed E-state index contributed by atoms with van der Waals surface area (Å²) in [6.07, 6.45) is 4.44. The molecule has 90 valence electrons. The molecule has 0 aliphatic rings. The first-order chi connectivity index (χ1) is 8.06. The van der Waals surface area contributed by atoms with E-state index in [0.29, 0.717) is 0 Å². The Balaban J connectivity index is 2.14. The number of nitrogens with two attached hydrogens (primary N) is 1. The van der Waals surface area contributed by atoms with Gasteiger partial charge < -0.3 is 5.73 Å². The first-order valence-electron chi connectivity index (χ1n) is 5.17. The van der Waals surface area contributed by atoms with Crippen LogP contribution >= 0.6 is 43.2 Å². The summed E-state index contributed by atoms with van der Waals surface area (Å²) in [5.41, 5.74) is 8.60. The molecule has 0 aliphatic carbocycles. The lowest BCUT2D eigenvalue weighted by Crippen LogP contribution is -2.11. The lowest BCUT2D eigenvalue weighted by molar-refractivity contribution is 0.733. The number of hydrogen-bond acceptors (Lipinski definition) is 3. The van der Waals surface area contributed by atoms with Gasteiger partial charge in [-0.25, -0.2) is 0 Å². The van der Waals surface area contributed by atoms with E-state index in [1.165, 1.54) is 10.4 Å². The van der Waals surface area contributed by atoms with Gasteiger partial charge in [0.1, 0.15) is 0 Å². The normalized spacial score (nSPS) is 12.7. The van der Waals surface area contributed by atoms with E-state index in [2.05, 4.69) is 55.9 Å². The monoisotopic (exact) mass is 374 g/mol. The van der Waals surface area contributed by atoms with Crippen molar-refractivity contribution in [3.63, 3.8) is 0 Å². The molecule has 0 spiro atoms. The summed E-state index contributed by atoms with van der Waals surface area (Å²) in [5.74, 6) is 0. The summed E-state index contributed by atoms with van der Waals surface area (Å²) in [4.78, 5) is 5.35. The van der Waals surface area contributed by atoms with Crippen LogP contribution in [0, 0.1) is 6.92 Å². The maximum Gasteiger partial charge on any atom is 0.0731 e. The van der Waals surface area contributed by atoms with Gasteiger partial charge in [-0.05, 0) is 68.5 Å². The van der Waals surface area contributed by atoms with Crippen LogP contribution in [0.2, 0.25) is 0 Å². The molecular weight excluding hydrogens is 364 g/mol. The van der Waals surface area contributed by atoms with E-state index in [-0.39, 0.29) is 6.04 Å². The minimum absolute atomic E-state index is 0.0288. The van der Waals surface area contributed by atoms with Crippen molar-refractivity contribution in [2.24, 2.45) is 5.73 Å². The molecule has 0 aromatic carbocycles. The van der Waals surface area contributed by atoms with E-state index < -0.39 is 0 Å². The fraction of sp³-hybridized carbons (Fsp3) is 0.250. The maximum absolute atomic E-state index is 6.21. The zero-order chi connectivity index (χ0) is 12.4. The second-order valence-electron chi connectivity index (χ2n) is 3.93. The van der Waals surface area contributed by atoms with Gasteiger partial charge in [-0.3, -0.25) is 4.98 Å². The van der Waals surface area contributed by atoms with Crippen molar-refractivity contribution >= 4 is 43.2 Å². The van der Waals surface area contributed by atoms with Crippen LogP contribution in [0.15, 0.2) is 32.8 Å². The predicted octanol–water partition coefficient (Wildman–Crippen LogP) is 4.22. The molecule has 5 heteroatoms. The van der Waals surface area contributed by atoms with Gasteiger partial charge >= 0.3 is 0 Å². The van der Waals surface area contributed by atoms with Crippen molar-refractivity contribution < 1.29 is 0 Å². The second kappa shape index (κ2) is 5.61. The van der Waals surface area contributed by atoms with E-state index in [9.17, 15) is 0 Å². The lowest BCUT2D eigenvalue weighted by atomic mass is 10.1. The molecule has 1 atom stereocenters. The summed E-state index contributed by atoms with van der Waals surface area (Å²) in [6.45, 7) is 2.08. The summed E-state index contributed by atoms with van der Waals surface area (Å²) in [6, 6.07) is 4.23. The molecule has 0 amide bonds. The topological polar surface area (TPSA) is 38.9 Å². The van der Waals surface area contributed by atoms with Crippen LogP contribution in [-0.2, 0) is 6.42 Å². The van der Waals surface area contributed by atoms with Crippen LogP contribution in [0.5, 0.6) is 0 Å². The van der Waals surface area contributed by atoms with Crippen LogP contribution in [0.3, 0.4) is 0 Å². The molecule has 1 unspecified atom stereocenters. The molecule has 0 aliphatic heterocycles. The average molecular weight is 376 g/mol.